The van der Waals surface area contributed by atoms with E-state index in [-0.39, 0.29) is 0 Å². The monoisotopic (exact) mass is 392 g/mol. The molecule has 4 nitrogen and oxygen atoms in total. The smallest absolute Gasteiger partial charge is 0.134 e. The number of fused-ring (bicyclic) bond motifs is 2. The lowest BCUT2D eigenvalue weighted by molar-refractivity contribution is 0.242. The van der Waals surface area contributed by atoms with Crippen LogP contribution in [0.4, 0.5) is 0 Å². The highest BCUT2D eigenvalue weighted by atomic mass is 35.5. The third-order valence-electron chi connectivity index (χ3n) is 6.15. The summed E-state index contributed by atoms with van der Waals surface area (Å²) in [4.78, 5) is 16.7. The van der Waals surface area contributed by atoms with Gasteiger partial charge in [-0.05, 0) is 25.0 Å². The Morgan fingerprint density at radius 1 is 1.07 bits per heavy atom. The lowest BCUT2D eigenvalue weighted by Crippen LogP contribution is -2.31. The molecule has 1 fully saturated rings. The first-order chi connectivity index (χ1) is 13.8. The van der Waals surface area contributed by atoms with Crippen molar-refractivity contribution in [2.45, 2.75) is 57.5 Å². The Bertz CT molecular complexity index is 997. The number of halogens is 1. The Balaban J connectivity index is 1.33. The average molecular weight is 393 g/mol. The zero-order valence-electron chi connectivity index (χ0n) is 16.1. The summed E-state index contributed by atoms with van der Waals surface area (Å²) >= 11 is 6.47. The highest BCUT2D eigenvalue weighted by molar-refractivity contribution is 6.30. The molecule has 28 heavy (non-hydrogen) atoms. The molecular formula is C23H25ClN4. The van der Waals surface area contributed by atoms with Gasteiger partial charge in [-0.1, -0.05) is 49.1 Å². The molecule has 2 aromatic heterocycles. The molecule has 0 spiro atoms. The van der Waals surface area contributed by atoms with Crippen LogP contribution in [0.15, 0.2) is 36.5 Å². The van der Waals surface area contributed by atoms with Crippen molar-refractivity contribution in [1.82, 2.24) is 19.9 Å². The molecule has 5 heteroatoms. The molecular weight excluding hydrogens is 368 g/mol. The van der Waals surface area contributed by atoms with Gasteiger partial charge in [0.25, 0.3) is 0 Å². The summed E-state index contributed by atoms with van der Waals surface area (Å²) in [5.74, 6) is 1.65. The predicted molar refractivity (Wildman–Crippen MR) is 112 cm³/mol. The number of nitrogens with zero attached hydrogens (tertiary/aromatic N) is 4. The number of hydrogen-bond acceptors (Lipinski definition) is 4. The van der Waals surface area contributed by atoms with Crippen molar-refractivity contribution < 1.29 is 0 Å². The molecule has 1 aliphatic heterocycles. The van der Waals surface area contributed by atoms with Crippen LogP contribution in [0.1, 0.15) is 60.7 Å². The Labute approximate surface area is 171 Å². The summed E-state index contributed by atoms with van der Waals surface area (Å²) in [7, 11) is 0. The van der Waals surface area contributed by atoms with E-state index in [0.717, 1.165) is 48.3 Å². The van der Waals surface area contributed by atoms with E-state index < -0.39 is 0 Å². The van der Waals surface area contributed by atoms with Crippen LogP contribution in [0.2, 0.25) is 5.15 Å². The van der Waals surface area contributed by atoms with E-state index in [4.69, 9.17) is 21.6 Å². The van der Waals surface area contributed by atoms with Gasteiger partial charge in [0, 0.05) is 60.4 Å². The van der Waals surface area contributed by atoms with E-state index in [1.807, 2.05) is 18.2 Å². The van der Waals surface area contributed by atoms with Crippen molar-refractivity contribution >= 4 is 22.5 Å². The third-order valence-corrected chi connectivity index (χ3v) is 6.47. The van der Waals surface area contributed by atoms with Gasteiger partial charge in [-0.3, -0.25) is 4.90 Å². The SMILES string of the molecule is Clc1nc2ccccc2cc1CN1CCc2nc(C3CCCCC3)ncc2C1. The zero-order chi connectivity index (χ0) is 18.9. The minimum Gasteiger partial charge on any atom is -0.294 e. The van der Waals surface area contributed by atoms with Gasteiger partial charge in [0.05, 0.1) is 5.52 Å². The van der Waals surface area contributed by atoms with Crippen LogP contribution in [0.3, 0.4) is 0 Å². The first-order valence-corrected chi connectivity index (χ1v) is 10.8. The van der Waals surface area contributed by atoms with Gasteiger partial charge in [0.15, 0.2) is 0 Å². The maximum Gasteiger partial charge on any atom is 0.134 e. The van der Waals surface area contributed by atoms with Gasteiger partial charge in [-0.2, -0.15) is 0 Å². The van der Waals surface area contributed by atoms with Crippen LogP contribution < -0.4 is 0 Å². The summed E-state index contributed by atoms with van der Waals surface area (Å²) in [6.45, 7) is 2.68. The van der Waals surface area contributed by atoms with Crippen molar-refractivity contribution in [2.24, 2.45) is 0 Å². The molecule has 0 radical (unpaired) electrons. The zero-order valence-corrected chi connectivity index (χ0v) is 16.8. The number of para-hydroxylation sites is 1. The number of hydrogen-bond donors (Lipinski definition) is 0. The molecule has 0 saturated heterocycles. The molecule has 2 aliphatic rings. The van der Waals surface area contributed by atoms with Gasteiger partial charge < -0.3 is 0 Å². The van der Waals surface area contributed by atoms with E-state index in [0.29, 0.717) is 11.1 Å². The number of benzene rings is 1. The van der Waals surface area contributed by atoms with Crippen molar-refractivity contribution in [3.63, 3.8) is 0 Å². The Morgan fingerprint density at radius 3 is 2.82 bits per heavy atom. The first-order valence-electron chi connectivity index (χ1n) is 10.4. The first kappa shape index (κ1) is 18.0. The van der Waals surface area contributed by atoms with Crippen LogP contribution in [0.25, 0.3) is 10.9 Å². The fourth-order valence-electron chi connectivity index (χ4n) is 4.57. The highest BCUT2D eigenvalue weighted by Crippen LogP contribution is 2.31. The Hall–Kier alpha value is -2.04. The molecule has 3 aromatic rings. The van der Waals surface area contributed by atoms with E-state index in [1.54, 1.807) is 0 Å². The van der Waals surface area contributed by atoms with E-state index >= 15 is 0 Å². The second-order valence-corrected chi connectivity index (χ2v) is 8.48. The quantitative estimate of drug-likeness (QED) is 0.568. The Morgan fingerprint density at radius 2 is 1.93 bits per heavy atom. The van der Waals surface area contributed by atoms with Gasteiger partial charge in [0.1, 0.15) is 11.0 Å². The fourth-order valence-corrected chi connectivity index (χ4v) is 4.78. The molecule has 1 saturated carbocycles. The molecule has 0 amide bonds. The van der Waals surface area contributed by atoms with Crippen LogP contribution in [-0.2, 0) is 19.5 Å². The highest BCUT2D eigenvalue weighted by Gasteiger charge is 2.23. The average Bonchev–Trinajstić information content (AvgIpc) is 2.74. The minimum absolute atomic E-state index is 0.569. The van der Waals surface area contributed by atoms with Crippen LogP contribution in [0.5, 0.6) is 0 Å². The summed E-state index contributed by atoms with van der Waals surface area (Å²) < 4.78 is 0. The van der Waals surface area contributed by atoms with Gasteiger partial charge in [-0.15, -0.1) is 0 Å². The number of aromatic nitrogens is 3. The normalized spacial score (nSPS) is 18.3. The van der Waals surface area contributed by atoms with Gasteiger partial charge in [0.2, 0.25) is 0 Å². The standard InChI is InChI=1S/C23H25ClN4/c24-22-18(12-17-8-4-5-9-20(17)26-22)14-28-11-10-21-19(15-28)13-25-23(27-21)16-6-2-1-3-7-16/h4-5,8-9,12-13,16H,1-3,6-7,10-11,14-15H2. The van der Waals surface area contributed by atoms with Crippen molar-refractivity contribution in [2.75, 3.05) is 6.54 Å². The lowest BCUT2D eigenvalue weighted by Gasteiger charge is -2.29. The summed E-state index contributed by atoms with van der Waals surface area (Å²) in [6, 6.07) is 10.3. The maximum atomic E-state index is 6.47. The number of rotatable bonds is 3. The molecule has 0 N–H and O–H groups in total. The maximum absolute atomic E-state index is 6.47. The minimum atomic E-state index is 0.569. The van der Waals surface area contributed by atoms with Gasteiger partial charge >= 0.3 is 0 Å². The van der Waals surface area contributed by atoms with Crippen molar-refractivity contribution in [3.8, 4) is 0 Å². The number of pyridine rings is 1. The summed E-state index contributed by atoms with van der Waals surface area (Å²) in [5.41, 5.74) is 4.54. The van der Waals surface area contributed by atoms with Crippen molar-refractivity contribution in [3.05, 3.63) is 64.3 Å². The van der Waals surface area contributed by atoms with E-state index in [2.05, 4.69) is 28.2 Å². The van der Waals surface area contributed by atoms with Crippen LogP contribution in [0, 0.1) is 0 Å². The topological polar surface area (TPSA) is 41.9 Å². The summed E-state index contributed by atoms with van der Waals surface area (Å²) in [5, 5.41) is 1.74. The molecule has 0 bridgehead atoms. The fraction of sp³-hybridized carbons (Fsp3) is 0.435. The van der Waals surface area contributed by atoms with E-state index in [9.17, 15) is 0 Å². The van der Waals surface area contributed by atoms with Crippen molar-refractivity contribution in [1.29, 1.82) is 0 Å². The molecule has 1 aromatic carbocycles. The van der Waals surface area contributed by atoms with E-state index in [1.165, 1.54) is 43.4 Å². The third kappa shape index (κ3) is 3.63. The Kier molecular flexibility index (Phi) is 5.00. The second kappa shape index (κ2) is 7.76. The molecule has 0 atom stereocenters. The largest absolute Gasteiger partial charge is 0.294 e. The summed E-state index contributed by atoms with van der Waals surface area (Å²) in [6.07, 6.45) is 9.55. The van der Waals surface area contributed by atoms with Gasteiger partial charge in [-0.25, -0.2) is 15.0 Å². The molecule has 0 unspecified atom stereocenters. The molecule has 1 aliphatic carbocycles. The lowest BCUT2D eigenvalue weighted by atomic mass is 9.88. The van der Waals surface area contributed by atoms with Crippen LogP contribution >= 0.6 is 11.6 Å². The molecule has 5 rings (SSSR count). The predicted octanol–water partition coefficient (Wildman–Crippen LogP) is 5.28. The molecule has 144 valence electrons. The van der Waals surface area contributed by atoms with Crippen LogP contribution in [-0.4, -0.2) is 26.4 Å². The molecule has 3 heterocycles. The second-order valence-electron chi connectivity index (χ2n) is 8.13.